The fourth-order valence-corrected chi connectivity index (χ4v) is 8.40. The Kier molecular flexibility index (Phi) is 11.7. The molecule has 21 nitrogen and oxygen atoms in total. The first-order valence-electron chi connectivity index (χ1n) is 16.7. The Labute approximate surface area is 329 Å². The van der Waals surface area contributed by atoms with Crippen LogP contribution in [0.1, 0.15) is 22.0 Å². The number of aromatic hydroxyl groups is 2. The lowest BCUT2D eigenvalue weighted by atomic mass is 9.96. The van der Waals surface area contributed by atoms with Gasteiger partial charge in [-0.05, 0) is 53.9 Å². The number of ether oxygens (including phenoxy) is 2. The van der Waals surface area contributed by atoms with Gasteiger partial charge in [-0.2, -0.15) is 0 Å². The third-order valence-corrected chi connectivity index (χ3v) is 11.2. The number of nitrogens with one attached hydrogen (secondary N) is 2. The molecular formula is C34H34N8O13S2. The van der Waals surface area contributed by atoms with Gasteiger partial charge in [0.2, 0.25) is 16.5 Å². The van der Waals surface area contributed by atoms with Crippen LogP contribution in [0.15, 0.2) is 68.3 Å². The van der Waals surface area contributed by atoms with Crippen LogP contribution in [0, 0.1) is 0 Å². The fourth-order valence-electron chi connectivity index (χ4n) is 5.92. The van der Waals surface area contributed by atoms with Crippen molar-refractivity contribution in [3.63, 3.8) is 0 Å². The molecule has 1 saturated heterocycles. The predicted molar refractivity (Wildman–Crippen MR) is 198 cm³/mol. The molecule has 0 aliphatic carbocycles. The van der Waals surface area contributed by atoms with Crippen molar-refractivity contribution in [2.45, 2.75) is 28.8 Å². The van der Waals surface area contributed by atoms with Crippen LogP contribution in [0.25, 0.3) is 11.0 Å². The van der Waals surface area contributed by atoms with Gasteiger partial charge in [0.1, 0.15) is 40.3 Å². The second-order valence-corrected chi connectivity index (χ2v) is 14.8. The van der Waals surface area contributed by atoms with Gasteiger partial charge in [-0.1, -0.05) is 23.9 Å². The van der Waals surface area contributed by atoms with Gasteiger partial charge in [-0.25, -0.2) is 14.3 Å². The van der Waals surface area contributed by atoms with E-state index in [0.29, 0.717) is 23.8 Å². The van der Waals surface area contributed by atoms with Crippen molar-refractivity contribution in [1.29, 1.82) is 0 Å². The summed E-state index contributed by atoms with van der Waals surface area (Å²) in [5.41, 5.74) is -3.56. The van der Waals surface area contributed by atoms with Gasteiger partial charge in [0.25, 0.3) is 17.5 Å². The van der Waals surface area contributed by atoms with E-state index >= 15 is 0 Å². The monoisotopic (exact) mass is 826 g/mol. The largest absolute Gasteiger partial charge is 0.504 e. The van der Waals surface area contributed by atoms with E-state index < -0.39 is 75.9 Å². The van der Waals surface area contributed by atoms with Crippen molar-refractivity contribution in [3.8, 4) is 17.2 Å². The molecular weight excluding hydrogens is 793 g/mol. The van der Waals surface area contributed by atoms with E-state index in [2.05, 4.69) is 26.2 Å². The summed E-state index contributed by atoms with van der Waals surface area (Å²) in [6.07, 6.45) is 0.802. The number of phenols is 2. The van der Waals surface area contributed by atoms with E-state index in [-0.39, 0.29) is 39.5 Å². The SMILES string of the molecule is CO[C@@]1(NC(=O)C(NC(=O)c2coc3cc(O)c(O)cc3c2=O)c2ccc(OCC(=O)O)cc2)C(=O)N2C(C(=O)O)=C(CSc3nnnn3CCN(C)C)CS[C@H]21. The Morgan fingerprint density at radius 2 is 1.84 bits per heavy atom. The van der Waals surface area contributed by atoms with Gasteiger partial charge >= 0.3 is 11.9 Å². The van der Waals surface area contributed by atoms with Crippen LogP contribution >= 0.6 is 23.5 Å². The summed E-state index contributed by atoms with van der Waals surface area (Å²) >= 11 is 2.33. The van der Waals surface area contributed by atoms with Crippen LogP contribution in [-0.4, -0.2) is 137 Å². The number of carbonyl (C=O) groups is 5. The normalized spacial score (nSPS) is 18.2. The van der Waals surface area contributed by atoms with Crippen LogP contribution in [0.3, 0.4) is 0 Å². The molecule has 1 unspecified atom stereocenters. The number of hydrogen-bond donors (Lipinski definition) is 6. The van der Waals surface area contributed by atoms with Crippen molar-refractivity contribution in [1.82, 2.24) is 40.6 Å². The molecule has 2 aromatic heterocycles. The predicted octanol–water partition coefficient (Wildman–Crippen LogP) is 0.192. The zero-order chi connectivity index (χ0) is 41.2. The van der Waals surface area contributed by atoms with Crippen molar-refractivity contribution in [2.75, 3.05) is 45.9 Å². The van der Waals surface area contributed by atoms with Crippen LogP contribution in [0.4, 0.5) is 0 Å². The number of β-lactam (4-membered cyclic amide) rings is 1. The minimum atomic E-state index is -2.10. The van der Waals surface area contributed by atoms with E-state index in [9.17, 15) is 44.1 Å². The summed E-state index contributed by atoms with van der Waals surface area (Å²) in [6, 6.07) is 5.56. The maximum absolute atomic E-state index is 14.2. The summed E-state index contributed by atoms with van der Waals surface area (Å²) < 4.78 is 17.7. The minimum absolute atomic E-state index is 0.0841. The maximum atomic E-state index is 14.2. The van der Waals surface area contributed by atoms with Crippen molar-refractivity contribution < 1.29 is 58.3 Å². The first kappa shape index (κ1) is 40.5. The third-order valence-electron chi connectivity index (χ3n) is 8.80. The molecule has 0 spiro atoms. The highest BCUT2D eigenvalue weighted by Gasteiger charge is 2.67. The molecule has 2 aromatic carbocycles. The standard InChI is InChI=1S/C34H34N8O13S2/c1-40(2)8-9-41-33(37-38-39-41)57-15-17-14-56-32-34(53-3,31(52)42(32)26(17)30(50)51)36-29(49)25(16-4-6-18(7-5-16)54-13-24(45)46)35-28(48)20-12-55-23-11-22(44)21(43)10-19(23)27(20)47/h4-7,10-12,25,32,43-44H,8-9,13-15H2,1-3H3,(H,35,48)(H,36,49)(H,45,46)(H,50,51)/t25?,32-,34-/m0/s1. The number of carbonyl (C=O) groups excluding carboxylic acids is 3. The molecule has 3 atom stereocenters. The Balaban J connectivity index is 1.27. The number of tetrazole rings is 1. The molecule has 23 heteroatoms. The molecule has 1 fully saturated rings. The van der Waals surface area contributed by atoms with Gasteiger partial charge in [-0.3, -0.25) is 24.1 Å². The Morgan fingerprint density at radius 1 is 1.12 bits per heavy atom. The number of methoxy groups -OCH3 is 1. The molecule has 2 aliphatic heterocycles. The fraction of sp³-hybridized carbons (Fsp3) is 0.324. The number of thioether (sulfide) groups is 2. The molecule has 6 N–H and O–H groups in total. The molecule has 300 valence electrons. The van der Waals surface area contributed by atoms with E-state index in [4.69, 9.17) is 19.0 Å². The second-order valence-electron chi connectivity index (χ2n) is 12.8. The zero-order valence-corrected chi connectivity index (χ0v) is 31.8. The second kappa shape index (κ2) is 16.5. The number of fused-ring (bicyclic) bond motifs is 2. The highest BCUT2D eigenvalue weighted by molar-refractivity contribution is 8.01. The minimum Gasteiger partial charge on any atom is -0.504 e. The number of carboxylic acids is 2. The number of carboxylic acid groups (broad SMARTS) is 2. The van der Waals surface area contributed by atoms with Gasteiger partial charge < -0.3 is 49.9 Å². The average Bonchev–Trinajstić information content (AvgIpc) is 3.64. The summed E-state index contributed by atoms with van der Waals surface area (Å²) in [5, 5.41) is 54.8. The number of amides is 3. The Bertz CT molecular complexity index is 2350. The van der Waals surface area contributed by atoms with Crippen LogP contribution in [0.2, 0.25) is 0 Å². The van der Waals surface area contributed by atoms with Gasteiger partial charge in [0, 0.05) is 31.2 Å². The summed E-state index contributed by atoms with van der Waals surface area (Å²) in [5.74, 6) is -6.54. The third kappa shape index (κ3) is 8.07. The zero-order valence-electron chi connectivity index (χ0n) is 30.2. The molecule has 2 aliphatic rings. The smallest absolute Gasteiger partial charge is 0.352 e. The first-order chi connectivity index (χ1) is 27.1. The van der Waals surface area contributed by atoms with Gasteiger partial charge in [-0.15, -0.1) is 16.9 Å². The van der Waals surface area contributed by atoms with Crippen LogP contribution in [-0.2, 0) is 30.5 Å². The van der Waals surface area contributed by atoms with E-state index in [0.717, 1.165) is 42.2 Å². The lowest BCUT2D eigenvalue weighted by molar-refractivity contribution is -0.192. The van der Waals surface area contributed by atoms with Crippen LogP contribution in [0.5, 0.6) is 17.2 Å². The van der Waals surface area contributed by atoms with Crippen molar-refractivity contribution in [3.05, 3.63) is 75.3 Å². The highest BCUT2D eigenvalue weighted by atomic mass is 32.2. The number of rotatable bonds is 16. The number of aliphatic carboxylic acids is 2. The lowest BCUT2D eigenvalue weighted by Gasteiger charge is -2.56. The molecule has 57 heavy (non-hydrogen) atoms. The van der Waals surface area contributed by atoms with Crippen molar-refractivity contribution in [2.24, 2.45) is 0 Å². The highest BCUT2D eigenvalue weighted by Crippen LogP contribution is 2.47. The Hall–Kier alpha value is -6.17. The number of hydrogen-bond acceptors (Lipinski definition) is 17. The molecule has 3 amide bonds. The van der Waals surface area contributed by atoms with Gasteiger partial charge in [0.15, 0.2) is 18.1 Å². The molecule has 4 heterocycles. The molecule has 0 radical (unpaired) electrons. The number of nitrogens with zero attached hydrogens (tertiary/aromatic N) is 6. The summed E-state index contributed by atoms with van der Waals surface area (Å²) in [7, 11) is 4.94. The Morgan fingerprint density at radius 3 is 2.51 bits per heavy atom. The number of benzene rings is 2. The first-order valence-corrected chi connectivity index (χ1v) is 18.7. The summed E-state index contributed by atoms with van der Waals surface area (Å²) in [6.45, 7) is 0.474. The van der Waals surface area contributed by atoms with Crippen LogP contribution < -0.4 is 20.8 Å². The molecule has 4 aromatic rings. The number of likely N-dealkylation sites (N-methyl/N-ethyl adjacent to an activating group) is 1. The molecule has 6 rings (SSSR count). The summed E-state index contributed by atoms with van der Waals surface area (Å²) in [4.78, 5) is 81.7. The topological polar surface area (TPSA) is 289 Å². The van der Waals surface area contributed by atoms with E-state index in [1.54, 1.807) is 4.68 Å². The molecule has 0 bridgehead atoms. The number of aromatic nitrogens is 4. The quantitative estimate of drug-likeness (QED) is 0.0380. The maximum Gasteiger partial charge on any atom is 0.352 e. The molecule has 0 saturated carbocycles. The van der Waals surface area contributed by atoms with E-state index in [1.807, 2.05) is 19.0 Å². The average molecular weight is 827 g/mol. The van der Waals surface area contributed by atoms with Gasteiger partial charge in [0.05, 0.1) is 11.9 Å². The number of phenolic OH excluding ortho intramolecular Hbond substituents is 2. The lowest BCUT2D eigenvalue weighted by Crippen LogP contribution is -2.81. The van der Waals surface area contributed by atoms with Crippen molar-refractivity contribution >= 4 is 64.2 Å². The van der Waals surface area contributed by atoms with E-state index in [1.165, 1.54) is 36.0 Å².